The van der Waals surface area contributed by atoms with Gasteiger partial charge in [-0.1, -0.05) is 23.2 Å². The van der Waals surface area contributed by atoms with Gasteiger partial charge in [-0.25, -0.2) is 0 Å². The van der Waals surface area contributed by atoms with Crippen LogP contribution in [0.2, 0.25) is 10.0 Å². The number of carbonyl (C=O) groups excluding carboxylic acids is 2. The van der Waals surface area contributed by atoms with Crippen LogP contribution in [0.25, 0.3) is 0 Å². The summed E-state index contributed by atoms with van der Waals surface area (Å²) >= 11 is 11.6. The van der Waals surface area contributed by atoms with Crippen LogP contribution in [0.3, 0.4) is 0 Å². The van der Waals surface area contributed by atoms with Gasteiger partial charge in [0.2, 0.25) is 0 Å². The fourth-order valence-electron chi connectivity index (χ4n) is 1.36. The minimum Gasteiger partial charge on any atom is -0.465 e. The molecule has 0 radical (unpaired) electrons. The molecule has 0 bridgehead atoms. The number of ketones is 1. The molecule has 0 saturated carbocycles. The first kappa shape index (κ1) is 18.2. The van der Waals surface area contributed by atoms with Crippen LogP contribution in [0.1, 0.15) is 23.7 Å². The third-order valence-corrected chi connectivity index (χ3v) is 2.77. The largest absolute Gasteiger partial charge is 0.465 e. The number of nitrogens with two attached hydrogens (primary N) is 1. The van der Waals surface area contributed by atoms with Crippen molar-refractivity contribution in [2.24, 2.45) is 5.73 Å². The summed E-state index contributed by atoms with van der Waals surface area (Å²) in [6.45, 7) is 1.89. The van der Waals surface area contributed by atoms with Crippen LogP contribution in [0.4, 0.5) is 0 Å². The lowest BCUT2D eigenvalue weighted by atomic mass is 10.0. The van der Waals surface area contributed by atoms with Gasteiger partial charge in [0.15, 0.2) is 5.78 Å². The summed E-state index contributed by atoms with van der Waals surface area (Å²) < 4.78 is 4.72. The average molecular weight is 327 g/mol. The second-order valence-electron chi connectivity index (χ2n) is 3.61. The van der Waals surface area contributed by atoms with Crippen LogP contribution in [-0.4, -0.2) is 24.4 Å². The lowest BCUT2D eigenvalue weighted by molar-refractivity contribution is -0.144. The third-order valence-electron chi connectivity index (χ3n) is 2.23. The van der Waals surface area contributed by atoms with E-state index in [-0.39, 0.29) is 36.2 Å². The number of halogens is 3. The van der Waals surface area contributed by atoms with Gasteiger partial charge in [-0.3, -0.25) is 9.59 Å². The minimum absolute atomic E-state index is 0. The summed E-state index contributed by atoms with van der Waals surface area (Å²) in [5.41, 5.74) is 5.85. The molecule has 0 aliphatic heterocycles. The molecular weight excluding hydrogens is 312 g/mol. The van der Waals surface area contributed by atoms with E-state index in [9.17, 15) is 9.59 Å². The molecule has 0 aliphatic carbocycles. The fraction of sp³-hybridized carbons (Fsp3) is 0.333. The van der Waals surface area contributed by atoms with E-state index in [1.807, 2.05) is 0 Å². The van der Waals surface area contributed by atoms with E-state index < -0.39 is 12.0 Å². The molecule has 2 N–H and O–H groups in total. The molecule has 7 heteroatoms. The molecule has 0 saturated heterocycles. The van der Waals surface area contributed by atoms with E-state index in [4.69, 9.17) is 33.7 Å². The molecule has 0 aromatic heterocycles. The van der Waals surface area contributed by atoms with Crippen molar-refractivity contribution in [1.82, 2.24) is 0 Å². The highest BCUT2D eigenvalue weighted by atomic mass is 35.5. The predicted octanol–water partition coefficient (Wildman–Crippen LogP) is 2.88. The van der Waals surface area contributed by atoms with E-state index >= 15 is 0 Å². The molecule has 1 rings (SSSR count). The number of hydrogen-bond donors (Lipinski definition) is 1. The quantitative estimate of drug-likeness (QED) is 0.667. The monoisotopic (exact) mass is 325 g/mol. The van der Waals surface area contributed by atoms with Crippen molar-refractivity contribution in [1.29, 1.82) is 0 Å². The fourth-order valence-corrected chi connectivity index (χ4v) is 1.87. The molecule has 1 aromatic carbocycles. The Morgan fingerprint density at radius 2 is 2.00 bits per heavy atom. The van der Waals surface area contributed by atoms with Gasteiger partial charge < -0.3 is 10.5 Å². The Morgan fingerprint density at radius 3 is 2.53 bits per heavy atom. The van der Waals surface area contributed by atoms with E-state index in [1.54, 1.807) is 13.0 Å². The Bertz CT molecular complexity index is 466. The van der Waals surface area contributed by atoms with E-state index in [0.717, 1.165) is 0 Å². The van der Waals surface area contributed by atoms with Crippen molar-refractivity contribution in [2.75, 3.05) is 6.61 Å². The maximum atomic E-state index is 11.9. The number of hydrogen-bond acceptors (Lipinski definition) is 4. The smallest absolute Gasteiger partial charge is 0.323 e. The first-order valence-electron chi connectivity index (χ1n) is 5.36. The van der Waals surface area contributed by atoms with Gasteiger partial charge in [0.05, 0.1) is 11.6 Å². The molecule has 0 aliphatic rings. The average Bonchev–Trinajstić information content (AvgIpc) is 2.28. The van der Waals surface area contributed by atoms with E-state index in [1.165, 1.54) is 12.1 Å². The van der Waals surface area contributed by atoms with Crippen molar-refractivity contribution in [2.45, 2.75) is 19.4 Å². The van der Waals surface area contributed by atoms with Gasteiger partial charge in [0.1, 0.15) is 6.04 Å². The summed E-state index contributed by atoms with van der Waals surface area (Å²) in [4.78, 5) is 23.2. The normalized spacial score (nSPS) is 11.4. The van der Waals surface area contributed by atoms with Crippen molar-refractivity contribution in [3.05, 3.63) is 33.8 Å². The molecule has 106 valence electrons. The molecule has 0 spiro atoms. The maximum absolute atomic E-state index is 11.9. The van der Waals surface area contributed by atoms with Crippen LogP contribution in [0, 0.1) is 0 Å². The lowest BCUT2D eigenvalue weighted by Gasteiger charge is -2.10. The standard InChI is InChI=1S/C12H13Cl2NO3.ClH/c1-2-18-12(17)10(15)6-11(16)8-4-3-7(13)5-9(8)14;/h3-5,10H,2,6,15H2,1H3;1H. The zero-order chi connectivity index (χ0) is 13.7. The molecule has 19 heavy (non-hydrogen) atoms. The van der Waals surface area contributed by atoms with Crippen LogP contribution in [0.5, 0.6) is 0 Å². The third kappa shape index (κ3) is 5.37. The summed E-state index contributed by atoms with van der Waals surface area (Å²) in [5.74, 6) is -0.923. The Morgan fingerprint density at radius 1 is 1.37 bits per heavy atom. The molecule has 0 heterocycles. The number of Topliss-reactive ketones (excluding diaryl/α,β-unsaturated/α-hetero) is 1. The molecular formula is C12H14Cl3NO3. The SMILES string of the molecule is CCOC(=O)C(N)CC(=O)c1ccc(Cl)cc1Cl.Cl. The zero-order valence-corrected chi connectivity index (χ0v) is 12.5. The van der Waals surface area contributed by atoms with Crippen molar-refractivity contribution >= 4 is 47.4 Å². The van der Waals surface area contributed by atoms with Crippen LogP contribution in [-0.2, 0) is 9.53 Å². The number of esters is 1. The Labute approximate surface area is 127 Å². The van der Waals surface area contributed by atoms with Crippen LogP contribution < -0.4 is 5.73 Å². The molecule has 4 nitrogen and oxygen atoms in total. The summed E-state index contributed by atoms with van der Waals surface area (Å²) in [6.07, 6.45) is -0.153. The zero-order valence-electron chi connectivity index (χ0n) is 10.2. The van der Waals surface area contributed by atoms with Gasteiger partial charge >= 0.3 is 5.97 Å². The molecule has 1 aromatic rings. The van der Waals surface area contributed by atoms with Crippen LogP contribution >= 0.6 is 35.6 Å². The number of benzene rings is 1. The molecule has 0 fully saturated rings. The summed E-state index contributed by atoms with van der Waals surface area (Å²) in [5, 5.41) is 0.676. The lowest BCUT2D eigenvalue weighted by Crippen LogP contribution is -2.34. The van der Waals surface area contributed by atoms with Crippen molar-refractivity contribution < 1.29 is 14.3 Å². The van der Waals surface area contributed by atoms with E-state index in [2.05, 4.69) is 0 Å². The van der Waals surface area contributed by atoms with Crippen LogP contribution in [0.15, 0.2) is 18.2 Å². The Kier molecular flexibility index (Phi) is 8.02. The highest BCUT2D eigenvalue weighted by molar-refractivity contribution is 6.36. The highest BCUT2D eigenvalue weighted by Gasteiger charge is 2.20. The van der Waals surface area contributed by atoms with E-state index in [0.29, 0.717) is 10.6 Å². The van der Waals surface area contributed by atoms with Gasteiger partial charge in [-0.2, -0.15) is 0 Å². The summed E-state index contributed by atoms with van der Waals surface area (Å²) in [6, 6.07) is 3.54. The molecule has 1 atom stereocenters. The van der Waals surface area contributed by atoms with Gasteiger partial charge in [-0.05, 0) is 25.1 Å². The topological polar surface area (TPSA) is 69.4 Å². The Hall–Kier alpha value is -0.810. The number of ether oxygens (including phenoxy) is 1. The Balaban J connectivity index is 0.00000324. The highest BCUT2D eigenvalue weighted by Crippen LogP contribution is 2.22. The maximum Gasteiger partial charge on any atom is 0.323 e. The number of rotatable bonds is 5. The first-order valence-corrected chi connectivity index (χ1v) is 6.11. The van der Waals surface area contributed by atoms with Crippen molar-refractivity contribution in [3.63, 3.8) is 0 Å². The molecule has 1 unspecified atom stereocenters. The van der Waals surface area contributed by atoms with Gasteiger partial charge in [0.25, 0.3) is 0 Å². The van der Waals surface area contributed by atoms with Gasteiger partial charge in [-0.15, -0.1) is 12.4 Å². The second-order valence-corrected chi connectivity index (χ2v) is 4.45. The van der Waals surface area contributed by atoms with Gasteiger partial charge in [0, 0.05) is 17.0 Å². The molecule has 0 amide bonds. The summed E-state index contributed by atoms with van der Waals surface area (Å²) in [7, 11) is 0. The minimum atomic E-state index is -0.982. The number of carbonyl (C=O) groups is 2. The first-order chi connectivity index (χ1) is 8.45. The second kappa shape index (κ2) is 8.38. The van der Waals surface area contributed by atoms with Crippen molar-refractivity contribution in [3.8, 4) is 0 Å². The predicted molar refractivity (Wildman–Crippen MR) is 77.3 cm³/mol.